The lowest BCUT2D eigenvalue weighted by molar-refractivity contribution is -0.130. The normalized spacial score (nSPS) is 13.5. The van der Waals surface area contributed by atoms with Crippen LogP contribution in [0.15, 0.2) is 54.1 Å². The minimum atomic E-state index is -0.0677. The predicted molar refractivity (Wildman–Crippen MR) is 149 cm³/mol. The maximum absolute atomic E-state index is 12.9. The Hall–Kier alpha value is -3.56. The molecule has 0 saturated heterocycles. The summed E-state index contributed by atoms with van der Waals surface area (Å²) in [6.45, 7) is 1.24. The first-order valence-corrected chi connectivity index (χ1v) is 13.8. The second kappa shape index (κ2) is 10.8. The molecule has 2 amide bonds. The molecule has 37 heavy (non-hydrogen) atoms. The van der Waals surface area contributed by atoms with Crippen molar-refractivity contribution in [2.24, 2.45) is 0 Å². The molecule has 5 rings (SSSR count). The topological polar surface area (TPSA) is 75.6 Å². The van der Waals surface area contributed by atoms with Crippen LogP contribution in [0.1, 0.15) is 33.2 Å². The van der Waals surface area contributed by atoms with Gasteiger partial charge < -0.3 is 14.5 Å². The monoisotopic (exact) mass is 532 g/mol. The summed E-state index contributed by atoms with van der Waals surface area (Å²) in [6, 6.07) is 11.6. The van der Waals surface area contributed by atoms with Gasteiger partial charge in [0.15, 0.2) is 0 Å². The number of methoxy groups -OCH3 is 1. The number of nitrogens with zero attached hydrogens (tertiary/aromatic N) is 4. The number of hydrogen-bond donors (Lipinski definition) is 0. The van der Waals surface area contributed by atoms with Crippen LogP contribution >= 0.6 is 22.7 Å². The molecule has 0 unspecified atom stereocenters. The molecule has 2 aromatic carbocycles. The summed E-state index contributed by atoms with van der Waals surface area (Å²) in [7, 11) is 5.14. The summed E-state index contributed by atoms with van der Waals surface area (Å²) in [5, 5.41) is 3.79. The molecule has 0 spiro atoms. The van der Waals surface area contributed by atoms with Crippen molar-refractivity contribution in [1.29, 1.82) is 0 Å². The molecule has 1 aliphatic rings. The first-order valence-electron chi connectivity index (χ1n) is 12.1. The highest BCUT2D eigenvalue weighted by Gasteiger charge is 2.23. The Morgan fingerprint density at radius 1 is 1.16 bits per heavy atom. The minimum Gasteiger partial charge on any atom is -0.496 e. The Morgan fingerprint density at radius 3 is 2.76 bits per heavy atom. The van der Waals surface area contributed by atoms with Crippen molar-refractivity contribution in [3.63, 3.8) is 0 Å². The van der Waals surface area contributed by atoms with Crippen molar-refractivity contribution >= 4 is 50.3 Å². The Balaban J connectivity index is 1.49. The number of fused-ring (bicyclic) bond motifs is 1. The van der Waals surface area contributed by atoms with Crippen molar-refractivity contribution in [2.45, 2.75) is 19.3 Å². The Kier molecular flexibility index (Phi) is 7.34. The van der Waals surface area contributed by atoms with E-state index in [2.05, 4.69) is 11.1 Å². The van der Waals surface area contributed by atoms with E-state index in [0.717, 1.165) is 49.1 Å². The van der Waals surface area contributed by atoms with Crippen LogP contribution < -0.4 is 4.74 Å². The molecule has 9 heteroatoms. The minimum absolute atomic E-state index is 0.0677. The van der Waals surface area contributed by atoms with Crippen molar-refractivity contribution in [2.75, 3.05) is 34.3 Å². The Bertz CT molecular complexity index is 1470. The number of ether oxygens (including phenoxy) is 1. The fourth-order valence-corrected chi connectivity index (χ4v) is 6.16. The first kappa shape index (κ1) is 25.1. The number of aromatic nitrogens is 2. The number of benzene rings is 2. The van der Waals surface area contributed by atoms with Gasteiger partial charge >= 0.3 is 0 Å². The van der Waals surface area contributed by atoms with Gasteiger partial charge in [-0.1, -0.05) is 24.3 Å². The molecule has 7 nitrogen and oxygen atoms in total. The molecule has 0 radical (unpaired) electrons. The van der Waals surface area contributed by atoms with Crippen molar-refractivity contribution in [3.8, 4) is 16.9 Å². The van der Waals surface area contributed by atoms with Crippen LogP contribution in [0, 0.1) is 0 Å². The van der Waals surface area contributed by atoms with Crippen LogP contribution in [0.4, 0.5) is 0 Å². The zero-order valence-corrected chi connectivity index (χ0v) is 22.7. The number of carbonyl (C=O) groups excluding carboxylic acids is 2. The summed E-state index contributed by atoms with van der Waals surface area (Å²) >= 11 is 3.14. The fourth-order valence-electron chi connectivity index (χ4n) is 4.48. The third-order valence-electron chi connectivity index (χ3n) is 6.36. The zero-order valence-electron chi connectivity index (χ0n) is 21.1. The first-order chi connectivity index (χ1) is 17.9. The molecule has 0 saturated carbocycles. The number of hydrogen-bond acceptors (Lipinski definition) is 7. The largest absolute Gasteiger partial charge is 0.496 e. The van der Waals surface area contributed by atoms with E-state index in [4.69, 9.17) is 9.72 Å². The van der Waals surface area contributed by atoms with E-state index >= 15 is 0 Å². The van der Waals surface area contributed by atoms with E-state index < -0.39 is 0 Å². The van der Waals surface area contributed by atoms with Crippen molar-refractivity contribution in [3.05, 3.63) is 69.6 Å². The van der Waals surface area contributed by atoms with E-state index in [1.165, 1.54) is 0 Å². The van der Waals surface area contributed by atoms with Crippen molar-refractivity contribution in [1.82, 2.24) is 19.8 Å². The summed E-state index contributed by atoms with van der Waals surface area (Å²) in [5.41, 5.74) is 4.21. The second-order valence-electron chi connectivity index (χ2n) is 9.05. The van der Waals surface area contributed by atoms with Gasteiger partial charge in [0.2, 0.25) is 5.91 Å². The maximum atomic E-state index is 12.9. The molecule has 0 aliphatic carbocycles. The fraction of sp³-hybridized carbons (Fsp3) is 0.286. The van der Waals surface area contributed by atoms with Crippen LogP contribution in [0.25, 0.3) is 26.9 Å². The van der Waals surface area contributed by atoms with Crippen molar-refractivity contribution < 1.29 is 14.3 Å². The molecule has 0 fully saturated rings. The highest BCUT2D eigenvalue weighted by Crippen LogP contribution is 2.39. The number of rotatable bonds is 7. The SMILES string of the molecule is COc1ccccc1-c1cc(C(=O)N(C)C)cc2sc(C3=CCCN(C(=O)CCc4nccs4)C3)nc12. The molecule has 0 bridgehead atoms. The van der Waals surface area contributed by atoms with Crippen LogP contribution in [-0.2, 0) is 11.2 Å². The molecule has 0 N–H and O–H groups in total. The Morgan fingerprint density at radius 2 is 2.00 bits per heavy atom. The van der Waals surface area contributed by atoms with E-state index in [0.29, 0.717) is 31.5 Å². The van der Waals surface area contributed by atoms with E-state index in [-0.39, 0.29) is 11.8 Å². The Labute approximate surface area is 224 Å². The summed E-state index contributed by atoms with van der Waals surface area (Å²) in [4.78, 5) is 38.7. The van der Waals surface area contributed by atoms with E-state index in [1.54, 1.807) is 55.0 Å². The highest BCUT2D eigenvalue weighted by atomic mass is 32.1. The summed E-state index contributed by atoms with van der Waals surface area (Å²) in [5.74, 6) is 0.791. The van der Waals surface area contributed by atoms with Gasteiger partial charge in [-0.05, 0) is 24.6 Å². The summed E-state index contributed by atoms with van der Waals surface area (Å²) in [6.07, 6.45) is 5.86. The number of amides is 2. The lowest BCUT2D eigenvalue weighted by Gasteiger charge is -2.26. The van der Waals surface area contributed by atoms with Gasteiger partial charge in [-0.3, -0.25) is 9.59 Å². The van der Waals surface area contributed by atoms with Crippen LogP contribution in [0.3, 0.4) is 0 Å². The second-order valence-corrected chi connectivity index (χ2v) is 11.1. The third-order valence-corrected chi connectivity index (χ3v) is 8.28. The predicted octanol–water partition coefficient (Wildman–Crippen LogP) is 5.38. The maximum Gasteiger partial charge on any atom is 0.253 e. The van der Waals surface area contributed by atoms with Gasteiger partial charge in [-0.25, -0.2) is 9.97 Å². The van der Waals surface area contributed by atoms with E-state index in [1.807, 2.05) is 46.7 Å². The molecular formula is C28H28N4O3S2. The third kappa shape index (κ3) is 5.28. The lowest BCUT2D eigenvalue weighted by atomic mass is 10.00. The molecule has 3 heterocycles. The van der Waals surface area contributed by atoms with Gasteiger partial charge in [0.1, 0.15) is 10.8 Å². The zero-order chi connectivity index (χ0) is 25.9. The molecule has 4 aromatic rings. The van der Waals surface area contributed by atoms with Gasteiger partial charge in [-0.2, -0.15) is 0 Å². The molecular weight excluding hydrogens is 504 g/mol. The van der Waals surface area contributed by atoms with E-state index in [9.17, 15) is 9.59 Å². The highest BCUT2D eigenvalue weighted by molar-refractivity contribution is 7.19. The average Bonchev–Trinajstić information content (AvgIpc) is 3.61. The van der Waals surface area contributed by atoms with Gasteiger partial charge in [-0.15, -0.1) is 22.7 Å². The summed E-state index contributed by atoms with van der Waals surface area (Å²) < 4.78 is 6.56. The van der Waals surface area contributed by atoms with Crippen LogP contribution in [0.5, 0.6) is 5.75 Å². The van der Waals surface area contributed by atoms with Gasteiger partial charge in [0.05, 0.1) is 22.3 Å². The van der Waals surface area contributed by atoms with Crippen LogP contribution in [-0.4, -0.2) is 65.9 Å². The molecule has 2 aromatic heterocycles. The number of para-hydroxylation sites is 1. The molecule has 190 valence electrons. The van der Waals surface area contributed by atoms with Gasteiger partial charge in [0.25, 0.3) is 5.91 Å². The smallest absolute Gasteiger partial charge is 0.253 e. The number of thiazole rings is 2. The molecule has 1 aliphatic heterocycles. The standard InChI is InChI=1S/C28H28N4O3S2/c1-31(2)28(34)19-15-21(20-8-4-5-9-22(20)35-3)26-23(16-19)37-27(30-26)18-7-6-13-32(17-18)25(33)11-10-24-29-12-14-36-24/h4-5,7-9,12,14-16H,6,10-11,13,17H2,1-3H3. The van der Waals surface area contributed by atoms with Crippen LogP contribution in [0.2, 0.25) is 0 Å². The lowest BCUT2D eigenvalue weighted by Crippen LogP contribution is -2.35. The quantitative estimate of drug-likeness (QED) is 0.320. The average molecular weight is 533 g/mol. The molecule has 0 atom stereocenters. The number of aryl methyl sites for hydroxylation is 1. The van der Waals surface area contributed by atoms with Gasteiger partial charge in [0, 0.05) is 73.9 Å². The number of carbonyl (C=O) groups is 2.